The standard InChI is InChI=1S/C6H11ClO5S/c1-6(2,5(8)11-3)4-12-13(7,9)10/h4H2,1-3H3. The van der Waals surface area contributed by atoms with Gasteiger partial charge >= 0.3 is 15.3 Å². The fraction of sp³-hybridized carbons (Fsp3) is 0.833. The third-order valence-corrected chi connectivity index (χ3v) is 1.97. The van der Waals surface area contributed by atoms with Gasteiger partial charge in [0.2, 0.25) is 0 Å². The van der Waals surface area contributed by atoms with E-state index >= 15 is 0 Å². The maximum atomic E-state index is 11.0. The summed E-state index contributed by atoms with van der Waals surface area (Å²) < 4.78 is 29.4. The molecule has 5 nitrogen and oxygen atoms in total. The van der Waals surface area contributed by atoms with Crippen LogP contribution < -0.4 is 0 Å². The smallest absolute Gasteiger partial charge is 0.355 e. The molecule has 0 bridgehead atoms. The van der Waals surface area contributed by atoms with Gasteiger partial charge in [0.1, 0.15) is 0 Å². The van der Waals surface area contributed by atoms with E-state index in [0.717, 1.165) is 0 Å². The summed E-state index contributed by atoms with van der Waals surface area (Å²) in [6, 6.07) is 0. The molecule has 0 aromatic rings. The van der Waals surface area contributed by atoms with E-state index in [1.807, 2.05) is 0 Å². The number of methoxy groups -OCH3 is 1. The Bertz CT molecular complexity index is 281. The van der Waals surface area contributed by atoms with Crippen LogP contribution in [-0.4, -0.2) is 28.1 Å². The van der Waals surface area contributed by atoms with Crippen LogP contribution in [0.1, 0.15) is 13.8 Å². The topological polar surface area (TPSA) is 69.7 Å². The zero-order valence-corrected chi connectivity index (χ0v) is 9.11. The Morgan fingerprint density at radius 3 is 2.23 bits per heavy atom. The molecule has 0 spiro atoms. The molecule has 0 saturated carbocycles. The molecule has 13 heavy (non-hydrogen) atoms. The van der Waals surface area contributed by atoms with E-state index in [9.17, 15) is 13.2 Å². The van der Waals surface area contributed by atoms with Crippen molar-refractivity contribution in [1.29, 1.82) is 0 Å². The van der Waals surface area contributed by atoms with Crippen molar-refractivity contribution in [3.05, 3.63) is 0 Å². The third kappa shape index (κ3) is 5.07. The summed E-state index contributed by atoms with van der Waals surface area (Å²) >= 11 is 0. The second-order valence-corrected chi connectivity index (χ2v) is 5.19. The summed E-state index contributed by atoms with van der Waals surface area (Å²) in [5, 5.41) is 0. The fourth-order valence-corrected chi connectivity index (χ4v) is 1.12. The first kappa shape index (κ1) is 12.7. The van der Waals surface area contributed by atoms with Gasteiger partial charge < -0.3 is 4.74 Å². The number of hydrogen-bond acceptors (Lipinski definition) is 5. The molecule has 0 aromatic heterocycles. The van der Waals surface area contributed by atoms with Gasteiger partial charge in [0.15, 0.2) is 0 Å². The molecule has 0 aliphatic heterocycles. The van der Waals surface area contributed by atoms with Crippen molar-refractivity contribution in [2.75, 3.05) is 13.7 Å². The zero-order chi connectivity index (χ0) is 10.7. The molecule has 0 heterocycles. The molecule has 0 unspecified atom stereocenters. The van der Waals surface area contributed by atoms with E-state index in [2.05, 4.69) is 8.92 Å². The van der Waals surface area contributed by atoms with Gasteiger partial charge in [-0.15, -0.1) is 0 Å². The van der Waals surface area contributed by atoms with Gasteiger partial charge in [-0.3, -0.25) is 8.98 Å². The van der Waals surface area contributed by atoms with Crippen LogP contribution in [0.2, 0.25) is 0 Å². The molecule has 78 valence electrons. The molecule has 0 atom stereocenters. The SMILES string of the molecule is COC(=O)C(C)(C)COS(=O)(=O)Cl. The number of halogens is 1. The highest BCUT2D eigenvalue weighted by Crippen LogP contribution is 2.19. The van der Waals surface area contributed by atoms with Gasteiger partial charge in [-0.05, 0) is 13.8 Å². The maximum absolute atomic E-state index is 11.0. The van der Waals surface area contributed by atoms with Gasteiger partial charge in [0.25, 0.3) is 0 Å². The Morgan fingerprint density at radius 2 is 1.92 bits per heavy atom. The molecule has 0 amide bonds. The largest absolute Gasteiger partial charge is 0.469 e. The van der Waals surface area contributed by atoms with Crippen LogP contribution in [-0.2, 0) is 23.0 Å². The van der Waals surface area contributed by atoms with Gasteiger partial charge in [-0.2, -0.15) is 8.42 Å². The van der Waals surface area contributed by atoms with E-state index in [-0.39, 0.29) is 6.61 Å². The minimum absolute atomic E-state index is 0.342. The highest BCUT2D eigenvalue weighted by atomic mass is 35.7. The molecule has 0 rings (SSSR count). The Balaban J connectivity index is 4.27. The Morgan fingerprint density at radius 1 is 1.46 bits per heavy atom. The molecule has 0 aliphatic carbocycles. The number of hydrogen-bond donors (Lipinski definition) is 0. The van der Waals surface area contributed by atoms with Crippen molar-refractivity contribution >= 4 is 26.0 Å². The van der Waals surface area contributed by atoms with Crippen molar-refractivity contribution in [2.24, 2.45) is 5.41 Å². The lowest BCUT2D eigenvalue weighted by molar-refractivity contribution is -0.152. The van der Waals surface area contributed by atoms with E-state index in [0.29, 0.717) is 0 Å². The monoisotopic (exact) mass is 230 g/mol. The average Bonchev–Trinajstić information content (AvgIpc) is 1.98. The Hall–Kier alpha value is -0.330. The van der Waals surface area contributed by atoms with E-state index < -0.39 is 20.7 Å². The summed E-state index contributed by atoms with van der Waals surface area (Å²) in [5.74, 6) is -0.562. The second-order valence-electron chi connectivity index (χ2n) is 3.03. The van der Waals surface area contributed by atoms with Crippen LogP contribution in [0.5, 0.6) is 0 Å². The van der Waals surface area contributed by atoms with Crippen LogP contribution >= 0.6 is 10.7 Å². The van der Waals surface area contributed by atoms with Gasteiger partial charge in [-0.1, -0.05) is 0 Å². The average molecular weight is 231 g/mol. The molecule has 0 radical (unpaired) electrons. The van der Waals surface area contributed by atoms with Crippen molar-refractivity contribution in [1.82, 2.24) is 0 Å². The summed E-state index contributed by atoms with van der Waals surface area (Å²) in [7, 11) is 1.96. The van der Waals surface area contributed by atoms with E-state index in [1.165, 1.54) is 21.0 Å². The van der Waals surface area contributed by atoms with E-state index in [1.54, 1.807) is 0 Å². The van der Waals surface area contributed by atoms with Gasteiger partial charge in [0.05, 0.1) is 19.1 Å². The molecule has 0 aromatic carbocycles. The molecule has 0 fully saturated rings. The van der Waals surface area contributed by atoms with Gasteiger partial charge in [-0.25, -0.2) is 0 Å². The number of ether oxygens (including phenoxy) is 1. The van der Waals surface area contributed by atoms with Crippen molar-refractivity contribution in [2.45, 2.75) is 13.8 Å². The summed E-state index contributed by atoms with van der Waals surface area (Å²) in [6.07, 6.45) is 0. The lowest BCUT2D eigenvalue weighted by Gasteiger charge is -2.19. The lowest BCUT2D eigenvalue weighted by atomic mass is 9.95. The van der Waals surface area contributed by atoms with Crippen LogP contribution in [0, 0.1) is 5.41 Å². The van der Waals surface area contributed by atoms with Crippen LogP contribution in [0.4, 0.5) is 0 Å². The third-order valence-electron chi connectivity index (χ3n) is 1.30. The minimum atomic E-state index is -4.03. The summed E-state index contributed by atoms with van der Waals surface area (Å²) in [5.41, 5.74) is -1.03. The summed E-state index contributed by atoms with van der Waals surface area (Å²) in [4.78, 5) is 11.0. The Labute approximate surface area is 81.6 Å². The normalized spacial score (nSPS) is 12.6. The molecular formula is C6H11ClO5S. The minimum Gasteiger partial charge on any atom is -0.469 e. The first-order valence-corrected chi connectivity index (χ1v) is 5.60. The van der Waals surface area contributed by atoms with Crippen molar-refractivity contribution < 1.29 is 22.1 Å². The number of esters is 1. The van der Waals surface area contributed by atoms with E-state index in [4.69, 9.17) is 10.7 Å². The number of carbonyl (C=O) groups excluding carboxylic acids is 1. The van der Waals surface area contributed by atoms with Crippen LogP contribution in [0.15, 0.2) is 0 Å². The molecule has 0 saturated heterocycles. The highest BCUT2D eigenvalue weighted by Gasteiger charge is 2.30. The van der Waals surface area contributed by atoms with Crippen LogP contribution in [0.3, 0.4) is 0 Å². The quantitative estimate of drug-likeness (QED) is 0.525. The summed E-state index contributed by atoms with van der Waals surface area (Å²) in [6.45, 7) is 2.63. The molecule has 7 heteroatoms. The fourth-order valence-electron chi connectivity index (χ4n) is 0.553. The predicted molar refractivity (Wildman–Crippen MR) is 46.5 cm³/mol. The van der Waals surface area contributed by atoms with Crippen molar-refractivity contribution in [3.8, 4) is 0 Å². The van der Waals surface area contributed by atoms with Gasteiger partial charge in [0, 0.05) is 10.7 Å². The molecule has 0 aliphatic rings. The highest BCUT2D eigenvalue weighted by molar-refractivity contribution is 8.09. The van der Waals surface area contributed by atoms with Crippen LogP contribution in [0.25, 0.3) is 0 Å². The van der Waals surface area contributed by atoms with Crippen molar-refractivity contribution in [3.63, 3.8) is 0 Å². The number of rotatable bonds is 4. The first-order valence-electron chi connectivity index (χ1n) is 3.36. The molecular weight excluding hydrogens is 220 g/mol. The number of carbonyl (C=O) groups is 1. The lowest BCUT2D eigenvalue weighted by Crippen LogP contribution is -2.31. The maximum Gasteiger partial charge on any atom is 0.355 e. The second kappa shape index (κ2) is 4.26. The Kier molecular flexibility index (Phi) is 4.15. The predicted octanol–water partition coefficient (Wildman–Crippen LogP) is 0.686. The molecule has 0 N–H and O–H groups in total. The first-order chi connectivity index (χ1) is 5.69. The zero-order valence-electron chi connectivity index (χ0n) is 7.53.